The molecule has 2 aliphatic carbocycles. The predicted octanol–water partition coefficient (Wildman–Crippen LogP) is 4.32. The van der Waals surface area contributed by atoms with Crippen LogP contribution in [0.3, 0.4) is 0 Å². The van der Waals surface area contributed by atoms with Crippen LogP contribution in [-0.2, 0) is 21.3 Å². The molecule has 1 aromatic rings. The normalized spacial score (nSPS) is 26.1. The van der Waals surface area contributed by atoms with E-state index in [1.54, 1.807) is 0 Å². The van der Waals surface area contributed by atoms with Gasteiger partial charge in [-0.25, -0.2) is 0 Å². The number of aliphatic carboxylic acids is 1. The van der Waals surface area contributed by atoms with Crippen LogP contribution in [0.4, 0.5) is 5.69 Å². The zero-order valence-corrected chi connectivity index (χ0v) is 15.6. The molecule has 0 aromatic heterocycles. The molecule has 4 nitrogen and oxygen atoms in total. The van der Waals surface area contributed by atoms with Gasteiger partial charge in [0.15, 0.2) is 0 Å². The summed E-state index contributed by atoms with van der Waals surface area (Å²) >= 11 is 0. The Balaban J connectivity index is 1.53. The lowest BCUT2D eigenvalue weighted by molar-refractivity contribution is -0.142. The fourth-order valence-corrected chi connectivity index (χ4v) is 5.68. The molecule has 0 aliphatic heterocycles. The predicted molar refractivity (Wildman–Crippen MR) is 102 cm³/mol. The molecule has 0 bridgehead atoms. The van der Waals surface area contributed by atoms with E-state index in [4.69, 9.17) is 5.11 Å². The summed E-state index contributed by atoms with van der Waals surface area (Å²) in [6.07, 6.45) is 9.24. The summed E-state index contributed by atoms with van der Waals surface area (Å²) < 4.78 is 12.6. The van der Waals surface area contributed by atoms with Crippen molar-refractivity contribution in [2.75, 3.05) is 5.32 Å². The molecule has 5 heteroatoms. The van der Waals surface area contributed by atoms with E-state index in [-0.39, 0.29) is 5.92 Å². The van der Waals surface area contributed by atoms with Crippen LogP contribution < -0.4 is 5.32 Å². The molecule has 0 spiro atoms. The van der Waals surface area contributed by atoms with Crippen LogP contribution in [0.5, 0.6) is 0 Å². The summed E-state index contributed by atoms with van der Waals surface area (Å²) in [5, 5.41) is 13.0. The topological polar surface area (TPSA) is 66.4 Å². The highest BCUT2D eigenvalue weighted by molar-refractivity contribution is 7.84. The van der Waals surface area contributed by atoms with Gasteiger partial charge >= 0.3 is 5.97 Å². The van der Waals surface area contributed by atoms with Crippen molar-refractivity contribution in [1.29, 1.82) is 0 Å². The lowest BCUT2D eigenvalue weighted by atomic mass is 9.86. The standard InChI is InChI=1S/C20H29NO3S/c22-20(23)16-9-11-17(12-10-16)21-18-6-4-5-15(13-18)14-25(24)19-7-2-1-3-8-19/h4-6,13,16-17,19,21H,1-3,7-12,14H2,(H,22,23). The quantitative estimate of drug-likeness (QED) is 0.790. The average molecular weight is 364 g/mol. The van der Waals surface area contributed by atoms with Crippen molar-refractivity contribution in [1.82, 2.24) is 0 Å². The molecule has 1 unspecified atom stereocenters. The average Bonchev–Trinajstić information content (AvgIpc) is 2.63. The van der Waals surface area contributed by atoms with E-state index in [9.17, 15) is 9.00 Å². The van der Waals surface area contributed by atoms with Crippen molar-refractivity contribution in [2.24, 2.45) is 5.92 Å². The molecule has 3 rings (SSSR count). The molecule has 2 aliphatic rings. The first-order valence-corrected chi connectivity index (χ1v) is 11.0. The van der Waals surface area contributed by atoms with Crippen LogP contribution in [0.1, 0.15) is 63.4 Å². The van der Waals surface area contributed by atoms with Crippen LogP contribution in [0.15, 0.2) is 24.3 Å². The minimum absolute atomic E-state index is 0.178. The van der Waals surface area contributed by atoms with Crippen molar-refractivity contribution in [3.8, 4) is 0 Å². The number of carboxylic acid groups (broad SMARTS) is 1. The summed E-state index contributed by atoms with van der Waals surface area (Å²) in [7, 11) is -0.775. The monoisotopic (exact) mass is 363 g/mol. The SMILES string of the molecule is O=C(O)C1CCC(Nc2cccc(CS(=O)C3CCCCC3)c2)CC1. The molecule has 1 atom stereocenters. The maximum Gasteiger partial charge on any atom is 0.306 e. The Morgan fingerprint density at radius 1 is 1.08 bits per heavy atom. The molecule has 0 saturated heterocycles. The molecule has 1 aromatic carbocycles. The Labute approximate surface area is 152 Å². The van der Waals surface area contributed by atoms with Crippen molar-refractivity contribution in [3.63, 3.8) is 0 Å². The number of hydrogen-bond donors (Lipinski definition) is 2. The minimum atomic E-state index is -0.775. The van der Waals surface area contributed by atoms with Gasteiger partial charge in [-0.05, 0) is 56.2 Å². The van der Waals surface area contributed by atoms with Crippen molar-refractivity contribution < 1.29 is 14.1 Å². The second-order valence-corrected chi connectivity index (χ2v) is 9.23. The second kappa shape index (κ2) is 8.84. The summed E-state index contributed by atoms with van der Waals surface area (Å²) in [5.41, 5.74) is 2.20. The molecule has 0 amide bonds. The Morgan fingerprint density at radius 2 is 1.80 bits per heavy atom. The molecule has 2 saturated carbocycles. The van der Waals surface area contributed by atoms with E-state index in [1.165, 1.54) is 19.3 Å². The van der Waals surface area contributed by atoms with Gasteiger partial charge in [-0.2, -0.15) is 0 Å². The molecule has 0 radical (unpaired) electrons. The summed E-state index contributed by atoms with van der Waals surface area (Å²) in [6.45, 7) is 0. The van der Waals surface area contributed by atoms with Crippen molar-refractivity contribution in [2.45, 2.75) is 74.8 Å². The highest BCUT2D eigenvalue weighted by Crippen LogP contribution is 2.28. The summed E-state index contributed by atoms with van der Waals surface area (Å²) in [5.74, 6) is -0.195. The number of hydrogen-bond acceptors (Lipinski definition) is 3. The third-order valence-corrected chi connectivity index (χ3v) is 7.44. The fourth-order valence-electron chi connectivity index (χ4n) is 4.08. The number of nitrogens with one attached hydrogen (secondary N) is 1. The van der Waals surface area contributed by atoms with E-state index in [1.807, 2.05) is 6.07 Å². The highest BCUT2D eigenvalue weighted by Gasteiger charge is 2.26. The zero-order chi connectivity index (χ0) is 17.6. The molecule has 0 heterocycles. The van der Waals surface area contributed by atoms with Crippen LogP contribution in [0.25, 0.3) is 0 Å². The van der Waals surface area contributed by atoms with Crippen LogP contribution in [0, 0.1) is 5.92 Å². The maximum absolute atomic E-state index is 12.6. The minimum Gasteiger partial charge on any atom is -0.481 e. The van der Waals surface area contributed by atoms with Crippen molar-refractivity contribution in [3.05, 3.63) is 29.8 Å². The Hall–Kier alpha value is -1.36. The number of rotatable bonds is 6. The van der Waals surface area contributed by atoms with E-state index in [2.05, 4.69) is 23.5 Å². The van der Waals surface area contributed by atoms with Gasteiger partial charge in [0.05, 0.1) is 5.92 Å². The maximum atomic E-state index is 12.6. The summed E-state index contributed by atoms with van der Waals surface area (Å²) in [6, 6.07) is 8.60. The third-order valence-electron chi connectivity index (χ3n) is 5.61. The lowest BCUT2D eigenvalue weighted by Gasteiger charge is -2.27. The number of carbonyl (C=O) groups is 1. The third kappa shape index (κ3) is 5.30. The summed E-state index contributed by atoms with van der Waals surface area (Å²) in [4.78, 5) is 11.0. The highest BCUT2D eigenvalue weighted by atomic mass is 32.2. The Kier molecular flexibility index (Phi) is 6.51. The van der Waals surface area contributed by atoms with Gasteiger partial charge in [0.25, 0.3) is 0 Å². The molecule has 25 heavy (non-hydrogen) atoms. The molecule has 2 fully saturated rings. The lowest BCUT2D eigenvalue weighted by Crippen LogP contribution is -2.29. The van der Waals surface area contributed by atoms with Crippen molar-refractivity contribution >= 4 is 22.5 Å². The zero-order valence-electron chi connectivity index (χ0n) is 14.8. The number of benzene rings is 1. The van der Waals surface area contributed by atoms with Gasteiger partial charge in [-0.1, -0.05) is 31.4 Å². The van der Waals surface area contributed by atoms with Gasteiger partial charge in [-0.15, -0.1) is 0 Å². The molecule has 2 N–H and O–H groups in total. The number of carboxylic acids is 1. The van der Waals surface area contributed by atoms with Crippen LogP contribution >= 0.6 is 0 Å². The first kappa shape index (κ1) is 18.4. The molecule has 138 valence electrons. The van der Waals surface area contributed by atoms with E-state index < -0.39 is 16.8 Å². The first-order valence-electron chi connectivity index (χ1n) is 9.57. The molecular formula is C20H29NO3S. The Morgan fingerprint density at radius 3 is 2.48 bits per heavy atom. The van der Waals surface area contributed by atoms with Crippen LogP contribution in [-0.4, -0.2) is 26.6 Å². The van der Waals surface area contributed by atoms with E-state index in [0.717, 1.165) is 49.8 Å². The molecular weight excluding hydrogens is 334 g/mol. The fraction of sp³-hybridized carbons (Fsp3) is 0.650. The smallest absolute Gasteiger partial charge is 0.306 e. The van der Waals surface area contributed by atoms with Gasteiger partial charge in [0, 0.05) is 33.5 Å². The van der Waals surface area contributed by atoms with Crippen LogP contribution in [0.2, 0.25) is 0 Å². The van der Waals surface area contributed by atoms with E-state index in [0.29, 0.717) is 17.0 Å². The second-order valence-electron chi connectivity index (χ2n) is 7.52. The first-order chi connectivity index (χ1) is 12.1. The van der Waals surface area contributed by atoms with Gasteiger partial charge in [0.2, 0.25) is 0 Å². The van der Waals surface area contributed by atoms with Gasteiger partial charge in [0.1, 0.15) is 0 Å². The van der Waals surface area contributed by atoms with E-state index >= 15 is 0 Å². The Bertz CT molecular complexity index is 605. The largest absolute Gasteiger partial charge is 0.481 e. The number of anilines is 1. The van der Waals surface area contributed by atoms with Gasteiger partial charge in [-0.3, -0.25) is 9.00 Å². The van der Waals surface area contributed by atoms with Gasteiger partial charge < -0.3 is 10.4 Å².